The van der Waals surface area contributed by atoms with Crippen LogP contribution < -0.4 is 4.74 Å². The minimum absolute atomic E-state index is 0.303. The maximum Gasteiger partial charge on any atom is 0.341 e. The van der Waals surface area contributed by atoms with Crippen LogP contribution in [0.4, 0.5) is 0 Å². The first kappa shape index (κ1) is 17.2. The Kier molecular flexibility index (Phi) is 4.55. The number of benzene rings is 1. The summed E-state index contributed by atoms with van der Waals surface area (Å²) in [5.74, 6) is 0.359. The van der Waals surface area contributed by atoms with Gasteiger partial charge in [0.15, 0.2) is 0 Å². The highest BCUT2D eigenvalue weighted by atomic mass is 32.1. The van der Waals surface area contributed by atoms with E-state index >= 15 is 0 Å². The van der Waals surface area contributed by atoms with Crippen molar-refractivity contribution in [2.45, 2.75) is 6.92 Å². The quantitative estimate of drug-likeness (QED) is 0.491. The third-order valence-electron chi connectivity index (χ3n) is 3.90. The smallest absolute Gasteiger partial charge is 0.341 e. The fourth-order valence-corrected chi connectivity index (χ4v) is 3.66. The molecular weight excluding hydrogens is 364 g/mol. The number of methoxy groups -OCH3 is 1. The minimum Gasteiger partial charge on any atom is -0.480 e. The number of aromatic nitrogens is 4. The topological polar surface area (TPSA) is 79.1 Å². The molecule has 0 amide bonds. The van der Waals surface area contributed by atoms with Crippen molar-refractivity contribution in [3.8, 4) is 22.3 Å². The van der Waals surface area contributed by atoms with E-state index in [1.807, 2.05) is 36.4 Å². The van der Waals surface area contributed by atoms with Gasteiger partial charge in [-0.15, -0.1) is 11.3 Å². The minimum atomic E-state index is -0.431. The Balaban J connectivity index is 1.77. The molecule has 27 heavy (non-hydrogen) atoms. The predicted octanol–water partition coefficient (Wildman–Crippen LogP) is 3.73. The van der Waals surface area contributed by atoms with Crippen molar-refractivity contribution in [3.63, 3.8) is 0 Å². The van der Waals surface area contributed by atoms with Gasteiger partial charge in [-0.25, -0.2) is 9.48 Å². The van der Waals surface area contributed by atoms with Gasteiger partial charge >= 0.3 is 5.97 Å². The van der Waals surface area contributed by atoms with Crippen molar-refractivity contribution < 1.29 is 14.3 Å². The first-order chi connectivity index (χ1) is 13.2. The van der Waals surface area contributed by atoms with Crippen molar-refractivity contribution in [2.24, 2.45) is 0 Å². The third kappa shape index (κ3) is 3.26. The Hall–Kier alpha value is -3.26. The summed E-state index contributed by atoms with van der Waals surface area (Å²) >= 11 is 1.55. The van der Waals surface area contributed by atoms with Crippen molar-refractivity contribution >= 4 is 27.5 Å². The number of hydrogen-bond acceptors (Lipinski definition) is 7. The van der Waals surface area contributed by atoms with Gasteiger partial charge in [0, 0.05) is 11.1 Å². The summed E-state index contributed by atoms with van der Waals surface area (Å²) in [6, 6.07) is 12.1. The van der Waals surface area contributed by atoms with Crippen molar-refractivity contribution in [1.29, 1.82) is 0 Å². The first-order valence-electron chi connectivity index (χ1n) is 8.32. The molecule has 1 aromatic carbocycles. The molecule has 0 aliphatic heterocycles. The SMILES string of the molecule is CCOC(=O)c1cnn(-c2nc(OC)c3cc(-c4ccccc4)sc3n2)c1. The molecule has 0 spiro atoms. The number of carbonyl (C=O) groups is 1. The maximum atomic E-state index is 11.8. The van der Waals surface area contributed by atoms with E-state index in [0.717, 1.165) is 20.7 Å². The molecule has 4 rings (SSSR count). The molecule has 0 bridgehead atoms. The molecule has 3 heterocycles. The highest BCUT2D eigenvalue weighted by molar-refractivity contribution is 7.21. The predicted molar refractivity (Wildman–Crippen MR) is 102 cm³/mol. The van der Waals surface area contributed by atoms with Gasteiger partial charge in [-0.1, -0.05) is 30.3 Å². The van der Waals surface area contributed by atoms with Gasteiger partial charge in [0.2, 0.25) is 5.88 Å². The zero-order chi connectivity index (χ0) is 18.8. The molecule has 0 aliphatic rings. The Morgan fingerprint density at radius 1 is 1.22 bits per heavy atom. The summed E-state index contributed by atoms with van der Waals surface area (Å²) in [5.41, 5.74) is 1.45. The lowest BCUT2D eigenvalue weighted by Gasteiger charge is -2.04. The van der Waals surface area contributed by atoms with Gasteiger partial charge in [-0.05, 0) is 18.6 Å². The summed E-state index contributed by atoms with van der Waals surface area (Å²) in [6.45, 7) is 2.06. The largest absolute Gasteiger partial charge is 0.480 e. The molecule has 0 saturated heterocycles. The summed E-state index contributed by atoms with van der Waals surface area (Å²) in [5, 5.41) is 5.01. The van der Waals surface area contributed by atoms with Crippen LogP contribution in [0, 0.1) is 0 Å². The zero-order valence-electron chi connectivity index (χ0n) is 14.7. The van der Waals surface area contributed by atoms with Crippen LogP contribution in [0.25, 0.3) is 26.6 Å². The van der Waals surface area contributed by atoms with E-state index in [-0.39, 0.29) is 0 Å². The highest BCUT2D eigenvalue weighted by Crippen LogP contribution is 2.36. The monoisotopic (exact) mass is 380 g/mol. The summed E-state index contributed by atoms with van der Waals surface area (Å²) < 4.78 is 11.9. The molecule has 4 aromatic rings. The van der Waals surface area contributed by atoms with Crippen LogP contribution in [0.1, 0.15) is 17.3 Å². The number of carbonyl (C=O) groups excluding carboxylic acids is 1. The second-order valence-corrected chi connectivity index (χ2v) is 6.65. The van der Waals surface area contributed by atoms with Crippen LogP contribution >= 0.6 is 11.3 Å². The summed E-state index contributed by atoms with van der Waals surface area (Å²) in [6.07, 6.45) is 2.98. The van der Waals surface area contributed by atoms with Crippen molar-refractivity contribution in [3.05, 3.63) is 54.4 Å². The fraction of sp³-hybridized carbons (Fsp3) is 0.158. The van der Waals surface area contributed by atoms with E-state index < -0.39 is 5.97 Å². The van der Waals surface area contributed by atoms with Crippen molar-refractivity contribution in [1.82, 2.24) is 19.7 Å². The van der Waals surface area contributed by atoms with Crippen LogP contribution in [-0.2, 0) is 4.74 Å². The molecule has 0 aliphatic carbocycles. The molecule has 0 radical (unpaired) electrons. The van der Waals surface area contributed by atoms with Gasteiger partial charge in [-0.3, -0.25) is 0 Å². The highest BCUT2D eigenvalue weighted by Gasteiger charge is 2.16. The van der Waals surface area contributed by atoms with Crippen LogP contribution in [0.3, 0.4) is 0 Å². The van der Waals surface area contributed by atoms with E-state index in [1.54, 1.807) is 31.6 Å². The Morgan fingerprint density at radius 2 is 2.04 bits per heavy atom. The average Bonchev–Trinajstić information content (AvgIpc) is 3.35. The Morgan fingerprint density at radius 3 is 2.78 bits per heavy atom. The lowest BCUT2D eigenvalue weighted by atomic mass is 10.2. The van der Waals surface area contributed by atoms with Crippen LogP contribution in [0.2, 0.25) is 0 Å². The number of rotatable bonds is 5. The summed E-state index contributed by atoms with van der Waals surface area (Å²) in [4.78, 5) is 22.7. The Bertz CT molecular complexity index is 1100. The molecule has 0 saturated carbocycles. The number of fused-ring (bicyclic) bond motifs is 1. The number of ether oxygens (including phenoxy) is 2. The second-order valence-electron chi connectivity index (χ2n) is 5.62. The van der Waals surface area contributed by atoms with Crippen LogP contribution in [0.5, 0.6) is 5.88 Å². The molecule has 0 unspecified atom stereocenters. The van der Waals surface area contributed by atoms with Crippen LogP contribution in [0.15, 0.2) is 48.8 Å². The van der Waals surface area contributed by atoms with Gasteiger partial charge in [0.05, 0.1) is 30.9 Å². The van der Waals surface area contributed by atoms with Gasteiger partial charge in [-0.2, -0.15) is 15.1 Å². The number of hydrogen-bond donors (Lipinski definition) is 0. The van der Waals surface area contributed by atoms with Gasteiger partial charge in [0.1, 0.15) is 4.83 Å². The average molecular weight is 380 g/mol. The van der Waals surface area contributed by atoms with Crippen molar-refractivity contribution in [2.75, 3.05) is 13.7 Å². The molecule has 0 N–H and O–H groups in total. The van der Waals surface area contributed by atoms with Gasteiger partial charge < -0.3 is 9.47 Å². The standard InChI is InChI=1S/C19H16N4O3S/c1-3-26-18(24)13-10-20-23(11-13)19-21-16(25-2)14-9-15(27-17(14)22-19)12-7-5-4-6-8-12/h4-11H,3H2,1-2H3. The number of esters is 1. The van der Waals surface area contributed by atoms with E-state index in [1.165, 1.54) is 10.9 Å². The van der Waals surface area contributed by atoms with E-state index in [4.69, 9.17) is 9.47 Å². The van der Waals surface area contributed by atoms with E-state index in [2.05, 4.69) is 15.1 Å². The second kappa shape index (κ2) is 7.16. The lowest BCUT2D eigenvalue weighted by Crippen LogP contribution is -2.05. The molecule has 8 heteroatoms. The number of nitrogens with zero attached hydrogens (tertiary/aromatic N) is 4. The molecule has 0 fully saturated rings. The van der Waals surface area contributed by atoms with Crippen LogP contribution in [-0.4, -0.2) is 39.4 Å². The number of thiophene rings is 1. The molecule has 3 aromatic heterocycles. The van der Waals surface area contributed by atoms with Gasteiger partial charge in [0.25, 0.3) is 5.95 Å². The van der Waals surface area contributed by atoms with E-state index in [0.29, 0.717) is 24.0 Å². The Labute approximate surface area is 159 Å². The lowest BCUT2D eigenvalue weighted by molar-refractivity contribution is 0.0526. The zero-order valence-corrected chi connectivity index (χ0v) is 15.6. The summed E-state index contributed by atoms with van der Waals surface area (Å²) in [7, 11) is 1.57. The maximum absolute atomic E-state index is 11.8. The third-order valence-corrected chi connectivity index (χ3v) is 4.97. The van der Waals surface area contributed by atoms with E-state index in [9.17, 15) is 4.79 Å². The molecular formula is C19H16N4O3S. The molecule has 0 atom stereocenters. The molecule has 7 nitrogen and oxygen atoms in total. The first-order valence-corrected chi connectivity index (χ1v) is 9.14. The molecule has 136 valence electrons. The normalized spacial score (nSPS) is 10.9. The fourth-order valence-electron chi connectivity index (χ4n) is 2.64.